The summed E-state index contributed by atoms with van der Waals surface area (Å²) in [5.74, 6) is 0.426. The zero-order valence-electron chi connectivity index (χ0n) is 12.8. The second-order valence-corrected chi connectivity index (χ2v) is 6.54. The fraction of sp³-hybridized carbons (Fsp3) is 0.300. The Hall–Kier alpha value is -2.22. The van der Waals surface area contributed by atoms with Gasteiger partial charge >= 0.3 is 0 Å². The van der Waals surface area contributed by atoms with Crippen molar-refractivity contribution in [2.24, 2.45) is 5.92 Å². The highest BCUT2D eigenvalue weighted by Crippen LogP contribution is 2.51. The number of carbonyl (C=O) groups is 2. The molecule has 0 spiro atoms. The predicted octanol–water partition coefficient (Wildman–Crippen LogP) is 4.28. The quantitative estimate of drug-likeness (QED) is 0.725. The topological polar surface area (TPSA) is 34.1 Å². The molecule has 2 aliphatic rings. The summed E-state index contributed by atoms with van der Waals surface area (Å²) >= 11 is 0. The summed E-state index contributed by atoms with van der Waals surface area (Å²) in [6.45, 7) is 4.24. The summed E-state index contributed by atoms with van der Waals surface area (Å²) < 4.78 is 0. The normalized spacial score (nSPS) is 26.2. The minimum Gasteiger partial charge on any atom is -0.294 e. The lowest BCUT2D eigenvalue weighted by atomic mass is 9.60. The molecule has 3 atom stereocenters. The van der Waals surface area contributed by atoms with Crippen molar-refractivity contribution in [2.45, 2.75) is 32.1 Å². The Morgan fingerprint density at radius 1 is 0.955 bits per heavy atom. The Bertz CT molecular complexity index is 803. The van der Waals surface area contributed by atoms with Crippen molar-refractivity contribution in [1.29, 1.82) is 0 Å². The van der Waals surface area contributed by atoms with E-state index in [0.717, 1.165) is 27.8 Å². The average Bonchev–Trinajstić information content (AvgIpc) is 2.53. The molecule has 2 aromatic carbocycles. The van der Waals surface area contributed by atoms with E-state index in [-0.39, 0.29) is 29.3 Å². The molecule has 2 heteroatoms. The van der Waals surface area contributed by atoms with Crippen molar-refractivity contribution in [3.05, 3.63) is 70.3 Å². The zero-order chi connectivity index (χ0) is 15.4. The van der Waals surface area contributed by atoms with Crippen LogP contribution in [0.1, 0.15) is 62.6 Å². The molecule has 0 aromatic heterocycles. The highest BCUT2D eigenvalue weighted by molar-refractivity contribution is 6.08. The van der Waals surface area contributed by atoms with Crippen LogP contribution in [0, 0.1) is 12.8 Å². The summed E-state index contributed by atoms with van der Waals surface area (Å²) in [4.78, 5) is 25.4. The lowest BCUT2D eigenvalue weighted by molar-refractivity contribution is 0.0787. The van der Waals surface area contributed by atoms with E-state index in [0.29, 0.717) is 6.42 Å². The van der Waals surface area contributed by atoms with Crippen LogP contribution in [0.2, 0.25) is 0 Å². The van der Waals surface area contributed by atoms with Crippen LogP contribution in [0.4, 0.5) is 0 Å². The predicted molar refractivity (Wildman–Crippen MR) is 85.5 cm³/mol. The van der Waals surface area contributed by atoms with Gasteiger partial charge in [0.1, 0.15) is 0 Å². The third kappa shape index (κ3) is 1.67. The van der Waals surface area contributed by atoms with Gasteiger partial charge in [-0.25, -0.2) is 0 Å². The highest BCUT2D eigenvalue weighted by Gasteiger charge is 2.46. The number of ketones is 2. The van der Waals surface area contributed by atoms with Crippen molar-refractivity contribution in [3.8, 4) is 0 Å². The molecule has 3 unspecified atom stereocenters. The van der Waals surface area contributed by atoms with Crippen molar-refractivity contribution < 1.29 is 9.59 Å². The van der Waals surface area contributed by atoms with Crippen LogP contribution in [0.3, 0.4) is 0 Å². The Balaban J connectivity index is 1.98. The van der Waals surface area contributed by atoms with Gasteiger partial charge in [0.15, 0.2) is 11.6 Å². The molecule has 0 saturated heterocycles. The minimum atomic E-state index is -0.203. The highest BCUT2D eigenvalue weighted by atomic mass is 16.1. The summed E-state index contributed by atoms with van der Waals surface area (Å²) in [6.07, 6.45) is 0.346. The van der Waals surface area contributed by atoms with Crippen LogP contribution in [0.5, 0.6) is 0 Å². The van der Waals surface area contributed by atoms with E-state index < -0.39 is 0 Å². The maximum Gasteiger partial charge on any atom is 0.167 e. The van der Waals surface area contributed by atoms with Gasteiger partial charge in [-0.05, 0) is 29.5 Å². The lowest BCUT2D eigenvalue weighted by Crippen LogP contribution is -2.38. The van der Waals surface area contributed by atoms with Gasteiger partial charge < -0.3 is 0 Å². The van der Waals surface area contributed by atoms with Gasteiger partial charge in [0.05, 0.1) is 0 Å². The fourth-order valence-corrected chi connectivity index (χ4v) is 4.37. The molecule has 4 rings (SSSR count). The average molecular weight is 290 g/mol. The lowest BCUT2D eigenvalue weighted by Gasteiger charge is -2.41. The monoisotopic (exact) mass is 290 g/mol. The Labute approximate surface area is 130 Å². The Kier molecular flexibility index (Phi) is 2.83. The van der Waals surface area contributed by atoms with E-state index in [2.05, 4.69) is 13.0 Å². The molecule has 2 nitrogen and oxygen atoms in total. The van der Waals surface area contributed by atoms with E-state index in [1.165, 1.54) is 0 Å². The van der Waals surface area contributed by atoms with Crippen LogP contribution in [0.25, 0.3) is 0 Å². The second kappa shape index (κ2) is 4.64. The molecule has 0 bridgehead atoms. The van der Waals surface area contributed by atoms with E-state index in [4.69, 9.17) is 0 Å². The van der Waals surface area contributed by atoms with Gasteiger partial charge in [-0.2, -0.15) is 0 Å². The maximum absolute atomic E-state index is 12.9. The van der Waals surface area contributed by atoms with E-state index in [1.54, 1.807) is 0 Å². The first-order valence-corrected chi connectivity index (χ1v) is 7.85. The molecular formula is C20H18O2. The molecule has 0 heterocycles. The number of hydrogen-bond acceptors (Lipinski definition) is 2. The fourth-order valence-electron chi connectivity index (χ4n) is 4.37. The van der Waals surface area contributed by atoms with Gasteiger partial charge in [0.25, 0.3) is 0 Å². The van der Waals surface area contributed by atoms with Crippen molar-refractivity contribution in [1.82, 2.24) is 0 Å². The maximum atomic E-state index is 12.9. The first kappa shape index (κ1) is 13.4. The van der Waals surface area contributed by atoms with Crippen LogP contribution < -0.4 is 0 Å². The Morgan fingerprint density at radius 3 is 2.50 bits per heavy atom. The van der Waals surface area contributed by atoms with Gasteiger partial charge in [0, 0.05) is 29.4 Å². The van der Waals surface area contributed by atoms with E-state index >= 15 is 0 Å². The molecule has 110 valence electrons. The second-order valence-electron chi connectivity index (χ2n) is 6.54. The molecule has 0 fully saturated rings. The molecule has 0 saturated carbocycles. The van der Waals surface area contributed by atoms with Crippen molar-refractivity contribution in [2.75, 3.05) is 0 Å². The molecule has 2 aliphatic carbocycles. The molecule has 2 aromatic rings. The number of aryl methyl sites for hydroxylation is 1. The number of rotatable bonds is 0. The summed E-state index contributed by atoms with van der Waals surface area (Å²) in [6, 6.07) is 13.8. The SMILES string of the molecule is Cc1cccc2c1C1C(CC2=O)C(=O)c2ccccc2C1C. The molecule has 0 aliphatic heterocycles. The third-order valence-electron chi connectivity index (χ3n) is 5.39. The van der Waals surface area contributed by atoms with Gasteiger partial charge in [-0.3, -0.25) is 9.59 Å². The van der Waals surface area contributed by atoms with E-state index in [1.807, 2.05) is 43.3 Å². The smallest absolute Gasteiger partial charge is 0.167 e. The minimum absolute atomic E-state index is 0.111. The van der Waals surface area contributed by atoms with E-state index in [9.17, 15) is 9.59 Å². The van der Waals surface area contributed by atoms with Crippen LogP contribution in [0.15, 0.2) is 42.5 Å². The van der Waals surface area contributed by atoms with Crippen molar-refractivity contribution in [3.63, 3.8) is 0 Å². The first-order valence-electron chi connectivity index (χ1n) is 7.85. The number of benzene rings is 2. The summed E-state index contributed by atoms with van der Waals surface area (Å²) in [5, 5.41) is 0. The zero-order valence-corrected chi connectivity index (χ0v) is 12.8. The molecule has 22 heavy (non-hydrogen) atoms. The van der Waals surface area contributed by atoms with Gasteiger partial charge in [-0.15, -0.1) is 0 Å². The van der Waals surface area contributed by atoms with Crippen LogP contribution in [-0.4, -0.2) is 11.6 Å². The van der Waals surface area contributed by atoms with Gasteiger partial charge in [0.2, 0.25) is 0 Å². The molecular weight excluding hydrogens is 272 g/mol. The standard InChI is InChI=1S/C20H18O2/c1-11-6-5-9-15-17(21)10-16-19(18(11)15)12(2)13-7-3-4-8-14(13)20(16)22/h3-9,12,16,19H,10H2,1-2H3. The number of carbonyl (C=O) groups excluding carboxylic acids is 2. The molecule has 0 N–H and O–H groups in total. The summed E-state index contributed by atoms with van der Waals surface area (Å²) in [7, 11) is 0. The first-order chi connectivity index (χ1) is 10.6. The number of fused-ring (bicyclic) bond motifs is 4. The Morgan fingerprint density at radius 2 is 1.68 bits per heavy atom. The number of Topliss-reactive ketones (excluding diaryl/α,β-unsaturated/α-hetero) is 2. The van der Waals surface area contributed by atoms with Gasteiger partial charge in [-0.1, -0.05) is 49.4 Å². The third-order valence-corrected chi connectivity index (χ3v) is 5.39. The molecule has 0 radical (unpaired) electrons. The van der Waals surface area contributed by atoms with Crippen LogP contribution >= 0.6 is 0 Å². The van der Waals surface area contributed by atoms with Crippen LogP contribution in [-0.2, 0) is 0 Å². The molecule has 0 amide bonds. The summed E-state index contributed by atoms with van der Waals surface area (Å²) in [5.41, 5.74) is 4.97. The largest absolute Gasteiger partial charge is 0.294 e. The number of hydrogen-bond donors (Lipinski definition) is 0. The van der Waals surface area contributed by atoms with Crippen molar-refractivity contribution >= 4 is 11.6 Å².